The molecule has 5 nitrogen and oxygen atoms in total. The van der Waals surface area contributed by atoms with E-state index in [-0.39, 0.29) is 0 Å². The topological polar surface area (TPSA) is 71.1 Å². The maximum Gasteiger partial charge on any atom is 0.263 e. The Bertz CT molecular complexity index is 695. The Hall–Kier alpha value is -1.44. The highest BCUT2D eigenvalue weighted by atomic mass is 32.2. The van der Waals surface area contributed by atoms with Crippen molar-refractivity contribution in [3.63, 3.8) is 0 Å². The maximum absolute atomic E-state index is 12.4. The Labute approximate surface area is 129 Å². The summed E-state index contributed by atoms with van der Waals surface area (Å²) in [6, 6.07) is 5.66. The van der Waals surface area contributed by atoms with Crippen LogP contribution < -0.4 is 10.0 Å². The number of thiazole rings is 1. The number of anilines is 1. The number of rotatable bonds is 6. The summed E-state index contributed by atoms with van der Waals surface area (Å²) in [6.07, 6.45) is 1.57. The molecule has 114 valence electrons. The Balaban J connectivity index is 2.28. The molecule has 0 saturated carbocycles. The zero-order valence-electron chi connectivity index (χ0n) is 12.3. The number of sulfonamides is 1. The molecule has 2 aromatic rings. The van der Waals surface area contributed by atoms with Crippen molar-refractivity contribution in [2.75, 3.05) is 4.72 Å². The number of nitrogens with zero attached hydrogens (tertiary/aromatic N) is 1. The van der Waals surface area contributed by atoms with E-state index < -0.39 is 10.0 Å². The van der Waals surface area contributed by atoms with Gasteiger partial charge in [-0.1, -0.05) is 26.0 Å². The van der Waals surface area contributed by atoms with Crippen molar-refractivity contribution in [2.45, 2.75) is 38.3 Å². The van der Waals surface area contributed by atoms with Gasteiger partial charge in [0.2, 0.25) is 0 Å². The van der Waals surface area contributed by atoms with Crippen LogP contribution in [0.2, 0.25) is 0 Å². The summed E-state index contributed by atoms with van der Waals surface area (Å²) in [5.41, 5.74) is 1.74. The van der Waals surface area contributed by atoms with Crippen LogP contribution in [0.15, 0.2) is 34.7 Å². The molecule has 0 atom stereocenters. The second kappa shape index (κ2) is 6.55. The molecule has 0 bridgehead atoms. The molecule has 2 rings (SSSR count). The van der Waals surface area contributed by atoms with E-state index in [2.05, 4.69) is 28.9 Å². The molecule has 0 aliphatic carbocycles. The van der Waals surface area contributed by atoms with Crippen molar-refractivity contribution in [3.05, 3.63) is 40.9 Å². The summed E-state index contributed by atoms with van der Waals surface area (Å²) in [4.78, 5) is 4.25. The first-order valence-electron chi connectivity index (χ1n) is 6.64. The van der Waals surface area contributed by atoms with Crippen LogP contribution in [-0.2, 0) is 16.6 Å². The summed E-state index contributed by atoms with van der Waals surface area (Å²) in [7, 11) is -3.60. The Kier molecular flexibility index (Phi) is 4.97. The van der Waals surface area contributed by atoms with Crippen LogP contribution in [0, 0.1) is 6.92 Å². The molecule has 1 aromatic heterocycles. The monoisotopic (exact) mass is 325 g/mol. The molecule has 0 aliphatic rings. The van der Waals surface area contributed by atoms with Gasteiger partial charge in [-0.25, -0.2) is 13.4 Å². The third kappa shape index (κ3) is 4.03. The van der Waals surface area contributed by atoms with Gasteiger partial charge in [0.25, 0.3) is 10.0 Å². The van der Waals surface area contributed by atoms with E-state index in [4.69, 9.17) is 0 Å². The minimum atomic E-state index is -3.60. The van der Waals surface area contributed by atoms with E-state index in [1.807, 2.05) is 13.0 Å². The fraction of sp³-hybridized carbons (Fsp3) is 0.357. The number of nitrogens with one attached hydrogen (secondary N) is 2. The molecule has 1 heterocycles. The van der Waals surface area contributed by atoms with Crippen LogP contribution in [0.3, 0.4) is 0 Å². The van der Waals surface area contributed by atoms with Crippen molar-refractivity contribution in [2.24, 2.45) is 0 Å². The Morgan fingerprint density at radius 1 is 1.33 bits per heavy atom. The van der Waals surface area contributed by atoms with Gasteiger partial charge in [0.1, 0.15) is 0 Å². The van der Waals surface area contributed by atoms with Crippen LogP contribution in [0.25, 0.3) is 0 Å². The van der Waals surface area contributed by atoms with Gasteiger partial charge in [-0.15, -0.1) is 11.3 Å². The lowest BCUT2D eigenvalue weighted by Crippen LogP contribution is -2.23. The number of benzene rings is 1. The SMILES string of the molecule is Cc1c(CNC(C)C)cccc1S(=O)(=O)Nc1nccs1. The van der Waals surface area contributed by atoms with Gasteiger partial charge in [-0.2, -0.15) is 0 Å². The van der Waals surface area contributed by atoms with Crippen molar-refractivity contribution < 1.29 is 8.42 Å². The first kappa shape index (κ1) is 15.9. The van der Waals surface area contributed by atoms with Gasteiger partial charge in [0, 0.05) is 24.2 Å². The van der Waals surface area contributed by atoms with Gasteiger partial charge in [-0.05, 0) is 24.1 Å². The highest BCUT2D eigenvalue weighted by molar-refractivity contribution is 7.93. The van der Waals surface area contributed by atoms with Crippen LogP contribution in [-0.4, -0.2) is 19.4 Å². The fourth-order valence-electron chi connectivity index (χ4n) is 1.90. The van der Waals surface area contributed by atoms with Gasteiger partial charge >= 0.3 is 0 Å². The molecule has 0 amide bonds. The van der Waals surface area contributed by atoms with E-state index in [1.54, 1.807) is 23.7 Å². The molecule has 0 unspecified atom stereocenters. The van der Waals surface area contributed by atoms with E-state index >= 15 is 0 Å². The van der Waals surface area contributed by atoms with Crippen molar-refractivity contribution >= 4 is 26.5 Å². The van der Waals surface area contributed by atoms with Gasteiger partial charge in [0.15, 0.2) is 5.13 Å². The van der Waals surface area contributed by atoms with Crippen molar-refractivity contribution in [1.29, 1.82) is 0 Å². The zero-order chi connectivity index (χ0) is 15.5. The normalized spacial score (nSPS) is 11.8. The third-order valence-corrected chi connectivity index (χ3v) is 5.34. The number of hydrogen-bond acceptors (Lipinski definition) is 5. The van der Waals surface area contributed by atoms with Crippen molar-refractivity contribution in [1.82, 2.24) is 10.3 Å². The molecule has 7 heteroatoms. The van der Waals surface area contributed by atoms with E-state index in [9.17, 15) is 8.42 Å². The molecule has 0 spiro atoms. The quantitative estimate of drug-likeness (QED) is 0.857. The molecule has 0 radical (unpaired) electrons. The number of aromatic nitrogens is 1. The average Bonchev–Trinajstić information content (AvgIpc) is 2.89. The molecule has 2 N–H and O–H groups in total. The lowest BCUT2D eigenvalue weighted by molar-refractivity contribution is 0.585. The zero-order valence-corrected chi connectivity index (χ0v) is 13.9. The minimum absolute atomic E-state index is 0.292. The largest absolute Gasteiger partial charge is 0.310 e. The summed E-state index contributed by atoms with van der Waals surface area (Å²) in [5.74, 6) is 0. The van der Waals surface area contributed by atoms with Gasteiger partial charge in [-0.3, -0.25) is 4.72 Å². The molecular formula is C14H19N3O2S2. The predicted octanol–water partition coefficient (Wildman–Crippen LogP) is 2.75. The Morgan fingerprint density at radius 3 is 2.71 bits per heavy atom. The minimum Gasteiger partial charge on any atom is -0.310 e. The molecule has 0 saturated heterocycles. The summed E-state index contributed by atoms with van der Waals surface area (Å²) < 4.78 is 27.4. The summed E-state index contributed by atoms with van der Waals surface area (Å²) in [6.45, 7) is 6.58. The Morgan fingerprint density at radius 2 is 2.10 bits per heavy atom. The van der Waals surface area contributed by atoms with Crippen LogP contribution in [0.4, 0.5) is 5.13 Å². The first-order valence-corrected chi connectivity index (χ1v) is 9.00. The third-order valence-electron chi connectivity index (χ3n) is 3.04. The lowest BCUT2D eigenvalue weighted by atomic mass is 10.1. The van der Waals surface area contributed by atoms with E-state index in [0.717, 1.165) is 11.1 Å². The van der Waals surface area contributed by atoms with Crippen LogP contribution in [0.1, 0.15) is 25.0 Å². The van der Waals surface area contributed by atoms with E-state index in [1.165, 1.54) is 11.3 Å². The van der Waals surface area contributed by atoms with Crippen LogP contribution in [0.5, 0.6) is 0 Å². The second-order valence-electron chi connectivity index (χ2n) is 5.02. The molecular weight excluding hydrogens is 306 g/mol. The fourth-order valence-corrected chi connectivity index (χ4v) is 3.98. The molecule has 1 aromatic carbocycles. The maximum atomic E-state index is 12.4. The molecule has 21 heavy (non-hydrogen) atoms. The summed E-state index contributed by atoms with van der Waals surface area (Å²) >= 11 is 1.25. The average molecular weight is 325 g/mol. The van der Waals surface area contributed by atoms with Gasteiger partial charge in [0.05, 0.1) is 4.90 Å². The predicted molar refractivity (Wildman–Crippen MR) is 86.1 cm³/mol. The second-order valence-corrected chi connectivity index (χ2v) is 7.56. The molecule has 0 fully saturated rings. The smallest absolute Gasteiger partial charge is 0.263 e. The van der Waals surface area contributed by atoms with Crippen molar-refractivity contribution in [3.8, 4) is 0 Å². The molecule has 0 aliphatic heterocycles. The first-order chi connectivity index (χ1) is 9.90. The van der Waals surface area contributed by atoms with E-state index in [0.29, 0.717) is 22.6 Å². The van der Waals surface area contributed by atoms with Crippen LogP contribution >= 0.6 is 11.3 Å². The van der Waals surface area contributed by atoms with Gasteiger partial charge < -0.3 is 5.32 Å². The lowest BCUT2D eigenvalue weighted by Gasteiger charge is -2.14. The highest BCUT2D eigenvalue weighted by Crippen LogP contribution is 2.22. The standard InChI is InChI=1S/C14H19N3O2S2/c1-10(2)16-9-12-5-4-6-13(11(12)3)21(18,19)17-14-15-7-8-20-14/h4-8,10,16H,9H2,1-3H3,(H,15,17). The summed E-state index contributed by atoms with van der Waals surface area (Å²) in [5, 5.41) is 5.41. The number of hydrogen-bond donors (Lipinski definition) is 2. The highest BCUT2D eigenvalue weighted by Gasteiger charge is 2.19.